The molecule has 0 saturated heterocycles. The molecule has 0 aromatic heterocycles. The van der Waals surface area contributed by atoms with E-state index in [1.54, 1.807) is 13.8 Å². The molecular formula is C24H22F3NO6S. The topological polar surface area (TPSA) is 104 Å². The Morgan fingerprint density at radius 1 is 1.00 bits per heavy atom. The molecule has 2 N–H and O–H groups in total. The molecule has 0 spiro atoms. The van der Waals surface area contributed by atoms with E-state index >= 15 is 0 Å². The number of sulfonamides is 1. The van der Waals surface area contributed by atoms with Crippen LogP contribution in [-0.4, -0.2) is 30.6 Å². The lowest BCUT2D eigenvalue weighted by molar-refractivity contribution is -0.137. The van der Waals surface area contributed by atoms with Crippen LogP contribution in [0, 0.1) is 0 Å². The third-order valence-corrected chi connectivity index (χ3v) is 6.99. The van der Waals surface area contributed by atoms with Gasteiger partial charge in [0.25, 0.3) is 10.0 Å². The van der Waals surface area contributed by atoms with Gasteiger partial charge in [-0.15, -0.1) is 0 Å². The molecule has 0 bridgehead atoms. The lowest BCUT2D eigenvalue weighted by atomic mass is 10.1. The van der Waals surface area contributed by atoms with Gasteiger partial charge < -0.3 is 14.9 Å². The molecule has 0 aliphatic heterocycles. The zero-order chi connectivity index (χ0) is 26.0. The standard InChI is InChI=1S/C24H22F3NO6S/c1-15(2)28(35(32,33)20-10-8-19(29)9-11-20)21-12-7-18(24(25,26)27)13-22(21)34-14-16-3-5-17(6-4-16)23(30)31/h3-13,15,29H,14H2,1-2H3,(H,30,31). The molecule has 11 heteroatoms. The maximum Gasteiger partial charge on any atom is 0.416 e. The molecule has 3 rings (SSSR count). The van der Waals surface area contributed by atoms with Gasteiger partial charge in [-0.2, -0.15) is 13.2 Å². The molecule has 0 atom stereocenters. The van der Waals surface area contributed by atoms with Crippen LogP contribution < -0.4 is 9.04 Å². The van der Waals surface area contributed by atoms with Gasteiger partial charge in [0, 0.05) is 6.04 Å². The fraction of sp³-hybridized carbons (Fsp3) is 0.208. The Morgan fingerprint density at radius 3 is 2.11 bits per heavy atom. The summed E-state index contributed by atoms with van der Waals surface area (Å²) in [5, 5.41) is 18.5. The highest BCUT2D eigenvalue weighted by Gasteiger charge is 2.34. The first kappa shape index (κ1) is 25.9. The molecular weight excluding hydrogens is 487 g/mol. The number of ether oxygens (including phenoxy) is 1. The molecule has 0 radical (unpaired) electrons. The number of carboxylic acids is 1. The van der Waals surface area contributed by atoms with Crippen LogP contribution in [0.2, 0.25) is 0 Å². The van der Waals surface area contributed by atoms with Gasteiger partial charge >= 0.3 is 12.1 Å². The van der Waals surface area contributed by atoms with Crippen molar-refractivity contribution in [2.75, 3.05) is 4.31 Å². The van der Waals surface area contributed by atoms with Crippen molar-refractivity contribution in [3.05, 3.63) is 83.4 Å². The molecule has 0 unspecified atom stereocenters. The highest BCUT2D eigenvalue weighted by Crippen LogP contribution is 2.40. The largest absolute Gasteiger partial charge is 0.508 e. The minimum absolute atomic E-state index is 0.0273. The number of aromatic carboxylic acids is 1. The minimum Gasteiger partial charge on any atom is -0.508 e. The van der Waals surface area contributed by atoms with Crippen molar-refractivity contribution in [3.8, 4) is 11.5 Å². The van der Waals surface area contributed by atoms with Crippen molar-refractivity contribution in [2.45, 2.75) is 37.6 Å². The van der Waals surface area contributed by atoms with Crippen LogP contribution in [0.1, 0.15) is 35.3 Å². The number of phenols is 1. The SMILES string of the molecule is CC(C)N(c1ccc(C(F)(F)F)cc1OCc1ccc(C(=O)O)cc1)S(=O)(=O)c1ccc(O)cc1. The Morgan fingerprint density at radius 2 is 1.60 bits per heavy atom. The number of benzene rings is 3. The second-order valence-electron chi connectivity index (χ2n) is 7.86. The smallest absolute Gasteiger partial charge is 0.416 e. The summed E-state index contributed by atoms with van der Waals surface area (Å²) >= 11 is 0. The molecule has 0 heterocycles. The summed E-state index contributed by atoms with van der Waals surface area (Å²) in [4.78, 5) is 10.9. The molecule has 0 aliphatic rings. The molecule has 0 amide bonds. The number of hydrogen-bond donors (Lipinski definition) is 2. The van der Waals surface area contributed by atoms with Crippen LogP contribution >= 0.6 is 0 Å². The normalized spacial score (nSPS) is 11.9. The third-order valence-electron chi connectivity index (χ3n) is 4.98. The Bertz CT molecular complexity index is 1300. The van der Waals surface area contributed by atoms with Crippen LogP contribution in [0.4, 0.5) is 18.9 Å². The third kappa shape index (κ3) is 5.86. The number of aromatic hydroxyl groups is 1. The number of rotatable bonds is 8. The maximum absolute atomic E-state index is 13.4. The second kappa shape index (κ2) is 9.87. The first-order valence-electron chi connectivity index (χ1n) is 10.3. The van der Waals surface area contributed by atoms with Crippen molar-refractivity contribution in [2.24, 2.45) is 0 Å². The quantitative estimate of drug-likeness (QED) is 0.428. The number of nitrogens with zero attached hydrogens (tertiary/aromatic N) is 1. The van der Waals surface area contributed by atoms with Gasteiger partial charge in [0.15, 0.2) is 0 Å². The summed E-state index contributed by atoms with van der Waals surface area (Å²) in [6.45, 7) is 2.88. The number of halogens is 3. The summed E-state index contributed by atoms with van der Waals surface area (Å²) < 4.78 is 73.6. The molecule has 35 heavy (non-hydrogen) atoms. The van der Waals surface area contributed by atoms with E-state index in [2.05, 4.69) is 0 Å². The van der Waals surface area contributed by atoms with Gasteiger partial charge in [0.05, 0.1) is 21.7 Å². The molecule has 7 nitrogen and oxygen atoms in total. The van der Waals surface area contributed by atoms with Crippen molar-refractivity contribution < 1.29 is 41.3 Å². The van der Waals surface area contributed by atoms with Gasteiger partial charge in [-0.3, -0.25) is 4.31 Å². The average Bonchev–Trinajstić information content (AvgIpc) is 2.78. The fourth-order valence-corrected chi connectivity index (χ4v) is 4.98. The van der Waals surface area contributed by atoms with Crippen molar-refractivity contribution in [1.82, 2.24) is 0 Å². The van der Waals surface area contributed by atoms with Crippen molar-refractivity contribution >= 4 is 21.7 Å². The van der Waals surface area contributed by atoms with Crippen LogP contribution in [0.3, 0.4) is 0 Å². The minimum atomic E-state index is -4.70. The molecule has 0 fully saturated rings. The number of phenolic OH excluding ortho intramolecular Hbond substituents is 1. The highest BCUT2D eigenvalue weighted by molar-refractivity contribution is 7.92. The first-order chi connectivity index (χ1) is 16.3. The Hall–Kier alpha value is -3.73. The van der Waals surface area contributed by atoms with E-state index in [1.807, 2.05) is 0 Å². The van der Waals surface area contributed by atoms with Crippen molar-refractivity contribution in [3.63, 3.8) is 0 Å². The summed E-state index contributed by atoms with van der Waals surface area (Å²) in [5.41, 5.74) is -0.637. The Labute approximate surface area is 200 Å². The zero-order valence-electron chi connectivity index (χ0n) is 18.7. The molecule has 0 aliphatic carbocycles. The van der Waals surface area contributed by atoms with E-state index in [0.29, 0.717) is 5.56 Å². The summed E-state index contributed by atoms with van der Waals surface area (Å²) in [5.74, 6) is -1.60. The number of alkyl halides is 3. The Kier molecular flexibility index (Phi) is 7.30. The van der Waals surface area contributed by atoms with Crippen molar-refractivity contribution in [1.29, 1.82) is 0 Å². The molecule has 3 aromatic rings. The van der Waals surface area contributed by atoms with E-state index in [4.69, 9.17) is 9.84 Å². The molecule has 3 aromatic carbocycles. The number of carbonyl (C=O) groups is 1. The van der Waals surface area contributed by atoms with Gasteiger partial charge in [-0.25, -0.2) is 13.2 Å². The first-order valence-corrected chi connectivity index (χ1v) is 11.7. The lowest BCUT2D eigenvalue weighted by Crippen LogP contribution is -2.37. The monoisotopic (exact) mass is 509 g/mol. The van der Waals surface area contributed by atoms with Crippen LogP contribution in [-0.2, 0) is 22.8 Å². The number of carboxylic acid groups (broad SMARTS) is 1. The molecule has 186 valence electrons. The predicted molar refractivity (Wildman–Crippen MR) is 122 cm³/mol. The Balaban J connectivity index is 2.06. The predicted octanol–water partition coefficient (Wildman–Crippen LogP) is 5.29. The zero-order valence-corrected chi connectivity index (χ0v) is 19.5. The summed E-state index contributed by atoms with van der Waals surface area (Å²) in [6.07, 6.45) is -4.70. The number of anilines is 1. The van der Waals surface area contributed by atoms with Gasteiger partial charge in [0.2, 0.25) is 0 Å². The van der Waals surface area contributed by atoms with E-state index in [9.17, 15) is 31.5 Å². The van der Waals surface area contributed by atoms with Crippen LogP contribution in [0.15, 0.2) is 71.6 Å². The van der Waals surface area contributed by atoms with E-state index in [1.165, 1.54) is 48.5 Å². The molecule has 0 saturated carbocycles. The summed E-state index contributed by atoms with van der Waals surface area (Å²) in [7, 11) is -4.24. The van der Waals surface area contributed by atoms with Gasteiger partial charge in [0.1, 0.15) is 18.1 Å². The lowest BCUT2D eigenvalue weighted by Gasteiger charge is -2.30. The van der Waals surface area contributed by atoms with E-state index < -0.39 is 33.8 Å². The summed E-state index contributed by atoms with van der Waals surface area (Å²) in [6, 6.07) is 12.1. The average molecular weight is 510 g/mol. The van der Waals surface area contributed by atoms with Gasteiger partial charge in [-0.05, 0) is 74.0 Å². The maximum atomic E-state index is 13.4. The number of hydrogen-bond acceptors (Lipinski definition) is 5. The van der Waals surface area contributed by atoms with E-state index in [-0.39, 0.29) is 34.3 Å². The van der Waals surface area contributed by atoms with E-state index in [0.717, 1.165) is 22.5 Å². The fourth-order valence-electron chi connectivity index (χ4n) is 3.31. The highest BCUT2D eigenvalue weighted by atomic mass is 32.2. The van der Waals surface area contributed by atoms with Crippen LogP contribution in [0.5, 0.6) is 11.5 Å². The van der Waals surface area contributed by atoms with Crippen LogP contribution in [0.25, 0.3) is 0 Å². The second-order valence-corrected chi connectivity index (χ2v) is 9.67. The van der Waals surface area contributed by atoms with Gasteiger partial charge in [-0.1, -0.05) is 12.1 Å².